The minimum atomic E-state index is -0.721. The van der Waals surface area contributed by atoms with Gasteiger partial charge in [0.1, 0.15) is 11.5 Å². The highest BCUT2D eigenvalue weighted by molar-refractivity contribution is 5.90. The van der Waals surface area contributed by atoms with E-state index >= 15 is 0 Å². The molecule has 100 valence electrons. The van der Waals surface area contributed by atoms with E-state index in [4.69, 9.17) is 4.74 Å². The van der Waals surface area contributed by atoms with E-state index in [1.807, 2.05) is 60.7 Å². The summed E-state index contributed by atoms with van der Waals surface area (Å²) < 4.78 is 5.48. The zero-order valence-corrected chi connectivity index (χ0v) is 11.2. The molecule has 1 saturated heterocycles. The minimum Gasteiger partial charge on any atom is -0.457 e. The number of carbonyl (C=O) groups is 1. The average Bonchev–Trinajstić information content (AvgIpc) is 2.87. The molecule has 0 spiro atoms. The summed E-state index contributed by atoms with van der Waals surface area (Å²) >= 11 is 0. The average molecular weight is 264 g/mol. The number of hydrogen-bond acceptors (Lipinski definition) is 2. The second-order valence-corrected chi connectivity index (χ2v) is 5.02. The van der Waals surface area contributed by atoms with Gasteiger partial charge in [0.15, 0.2) is 0 Å². The molecule has 2 nitrogen and oxygen atoms in total. The first-order chi connectivity index (χ1) is 9.77. The molecule has 0 bridgehead atoms. The summed E-state index contributed by atoms with van der Waals surface area (Å²) in [5.41, 5.74) is 1.22. The van der Waals surface area contributed by atoms with Crippen molar-refractivity contribution in [2.45, 2.75) is 17.9 Å². The Kier molecular flexibility index (Phi) is 3.15. The van der Waals surface area contributed by atoms with Gasteiger partial charge in [0.2, 0.25) is 0 Å². The van der Waals surface area contributed by atoms with Crippen LogP contribution in [0.25, 0.3) is 0 Å². The predicted molar refractivity (Wildman–Crippen MR) is 78.4 cm³/mol. The molecular formula is C18H16O2. The van der Waals surface area contributed by atoms with Crippen LogP contribution in [0, 0.1) is 0 Å². The third kappa shape index (κ3) is 1.85. The Bertz CT molecular complexity index is 577. The lowest BCUT2D eigenvalue weighted by Crippen LogP contribution is -2.32. The van der Waals surface area contributed by atoms with Crippen LogP contribution in [0.2, 0.25) is 0 Å². The van der Waals surface area contributed by atoms with Crippen molar-refractivity contribution < 1.29 is 9.53 Å². The monoisotopic (exact) mass is 264 g/mol. The fourth-order valence-electron chi connectivity index (χ4n) is 2.88. The molecule has 1 heterocycles. The highest BCUT2D eigenvalue weighted by atomic mass is 16.6. The van der Waals surface area contributed by atoms with Crippen LogP contribution in [0.5, 0.6) is 0 Å². The fraction of sp³-hybridized carbons (Fsp3) is 0.167. The summed E-state index contributed by atoms with van der Waals surface area (Å²) in [6.07, 6.45) is 2.07. The molecule has 1 aliphatic rings. The normalized spacial score (nSPS) is 20.4. The predicted octanol–water partition coefficient (Wildman–Crippen LogP) is 3.47. The van der Waals surface area contributed by atoms with Gasteiger partial charge < -0.3 is 4.74 Å². The maximum Gasteiger partial charge on any atom is 0.321 e. The second kappa shape index (κ2) is 4.97. The van der Waals surface area contributed by atoms with Crippen LogP contribution in [0.1, 0.15) is 17.5 Å². The van der Waals surface area contributed by atoms with Crippen LogP contribution >= 0.6 is 0 Å². The second-order valence-electron chi connectivity index (χ2n) is 5.02. The quantitative estimate of drug-likeness (QED) is 0.626. The highest BCUT2D eigenvalue weighted by Crippen LogP contribution is 2.43. The van der Waals surface area contributed by atoms with Gasteiger partial charge in [-0.15, -0.1) is 0 Å². The van der Waals surface area contributed by atoms with E-state index in [0.29, 0.717) is 6.42 Å². The van der Waals surface area contributed by atoms with Crippen molar-refractivity contribution >= 4 is 5.97 Å². The van der Waals surface area contributed by atoms with Gasteiger partial charge in [0.25, 0.3) is 0 Å². The van der Waals surface area contributed by atoms with Crippen LogP contribution in [-0.2, 0) is 14.9 Å². The Morgan fingerprint density at radius 3 is 1.90 bits per heavy atom. The van der Waals surface area contributed by atoms with E-state index in [1.54, 1.807) is 6.08 Å². The molecular weight excluding hydrogens is 248 g/mol. The maximum atomic E-state index is 12.6. The van der Waals surface area contributed by atoms with E-state index in [-0.39, 0.29) is 12.1 Å². The molecule has 2 aromatic carbocycles. The van der Waals surface area contributed by atoms with Crippen molar-refractivity contribution in [1.29, 1.82) is 0 Å². The third-order valence-corrected chi connectivity index (χ3v) is 3.91. The number of benzene rings is 2. The van der Waals surface area contributed by atoms with Crippen molar-refractivity contribution in [3.63, 3.8) is 0 Å². The van der Waals surface area contributed by atoms with Crippen LogP contribution in [0.15, 0.2) is 73.3 Å². The van der Waals surface area contributed by atoms with E-state index in [2.05, 4.69) is 6.58 Å². The van der Waals surface area contributed by atoms with Crippen LogP contribution in [0.4, 0.5) is 0 Å². The van der Waals surface area contributed by atoms with E-state index in [0.717, 1.165) is 11.1 Å². The molecule has 0 amide bonds. The first kappa shape index (κ1) is 12.7. The zero-order chi connectivity index (χ0) is 14.0. The van der Waals surface area contributed by atoms with Gasteiger partial charge in [-0.05, 0) is 11.1 Å². The third-order valence-electron chi connectivity index (χ3n) is 3.91. The van der Waals surface area contributed by atoms with Gasteiger partial charge in [0.05, 0.1) is 0 Å². The summed E-state index contributed by atoms with van der Waals surface area (Å²) in [5, 5.41) is 0. The van der Waals surface area contributed by atoms with Crippen molar-refractivity contribution in [2.24, 2.45) is 0 Å². The molecule has 0 N–H and O–H groups in total. The van der Waals surface area contributed by atoms with Crippen molar-refractivity contribution in [2.75, 3.05) is 0 Å². The Hall–Kier alpha value is -2.35. The summed E-state index contributed by atoms with van der Waals surface area (Å²) in [7, 11) is 0. The zero-order valence-electron chi connectivity index (χ0n) is 11.2. The molecule has 2 aromatic rings. The molecule has 0 aromatic heterocycles. The summed E-state index contributed by atoms with van der Waals surface area (Å²) in [4.78, 5) is 12.6. The Morgan fingerprint density at radius 2 is 1.50 bits per heavy atom. The van der Waals surface area contributed by atoms with Gasteiger partial charge in [-0.25, -0.2) is 0 Å². The molecule has 0 saturated carbocycles. The molecule has 20 heavy (non-hydrogen) atoms. The molecule has 1 aliphatic heterocycles. The lowest BCUT2D eigenvalue weighted by molar-refractivity contribution is -0.143. The lowest BCUT2D eigenvalue weighted by Gasteiger charge is -2.26. The number of rotatable bonds is 3. The molecule has 3 rings (SSSR count). The van der Waals surface area contributed by atoms with Gasteiger partial charge >= 0.3 is 5.97 Å². The molecule has 2 heteroatoms. The van der Waals surface area contributed by atoms with E-state index < -0.39 is 5.41 Å². The van der Waals surface area contributed by atoms with Crippen molar-refractivity contribution in [3.8, 4) is 0 Å². The molecule has 0 aliphatic carbocycles. The van der Waals surface area contributed by atoms with Crippen LogP contribution < -0.4 is 0 Å². The fourth-order valence-corrected chi connectivity index (χ4v) is 2.88. The van der Waals surface area contributed by atoms with Gasteiger partial charge in [-0.3, -0.25) is 4.79 Å². The Balaban J connectivity index is 2.19. The van der Waals surface area contributed by atoms with Crippen molar-refractivity contribution in [1.82, 2.24) is 0 Å². The number of carbonyl (C=O) groups excluding carboxylic acids is 1. The van der Waals surface area contributed by atoms with Crippen LogP contribution in [-0.4, -0.2) is 12.1 Å². The van der Waals surface area contributed by atoms with Gasteiger partial charge in [-0.1, -0.05) is 73.3 Å². The maximum absolute atomic E-state index is 12.6. The van der Waals surface area contributed by atoms with Crippen molar-refractivity contribution in [3.05, 3.63) is 84.4 Å². The topological polar surface area (TPSA) is 26.3 Å². The van der Waals surface area contributed by atoms with Gasteiger partial charge in [-0.2, -0.15) is 0 Å². The first-order valence-corrected chi connectivity index (χ1v) is 6.72. The van der Waals surface area contributed by atoms with E-state index in [9.17, 15) is 4.79 Å². The van der Waals surface area contributed by atoms with E-state index in [1.165, 1.54) is 0 Å². The van der Waals surface area contributed by atoms with Crippen LogP contribution in [0.3, 0.4) is 0 Å². The standard InChI is InChI=1S/C18H16O2/c1-2-16-13-18(17(19)20-16,14-9-5-3-6-10-14)15-11-7-4-8-12-15/h2-12,16H,1,13H2. The summed E-state index contributed by atoms with van der Waals surface area (Å²) in [5.74, 6) is -0.195. The number of ether oxygens (including phenoxy) is 1. The summed E-state index contributed by atoms with van der Waals surface area (Å²) in [6.45, 7) is 3.75. The lowest BCUT2D eigenvalue weighted by atomic mass is 9.72. The van der Waals surface area contributed by atoms with Gasteiger partial charge in [0, 0.05) is 6.42 Å². The Labute approximate surface area is 118 Å². The number of hydrogen-bond donors (Lipinski definition) is 0. The molecule has 1 fully saturated rings. The minimum absolute atomic E-state index is 0.195. The first-order valence-electron chi connectivity index (χ1n) is 6.72. The largest absolute Gasteiger partial charge is 0.457 e. The Morgan fingerprint density at radius 1 is 1.00 bits per heavy atom. The SMILES string of the molecule is C=CC1CC(c2ccccc2)(c2ccccc2)C(=O)O1. The molecule has 1 unspecified atom stereocenters. The summed E-state index contributed by atoms with van der Waals surface area (Å²) in [6, 6.07) is 19.7. The molecule has 1 atom stereocenters. The number of cyclic esters (lactones) is 1. The molecule has 0 radical (unpaired) electrons. The highest BCUT2D eigenvalue weighted by Gasteiger charge is 2.50. The number of esters is 1. The smallest absolute Gasteiger partial charge is 0.321 e.